The number of nitriles is 1. The molecule has 0 spiro atoms. The summed E-state index contributed by atoms with van der Waals surface area (Å²) in [5.41, 5.74) is 0.194. The summed E-state index contributed by atoms with van der Waals surface area (Å²) in [5.74, 6) is -1.82. The third kappa shape index (κ3) is 5.59. The predicted molar refractivity (Wildman–Crippen MR) is 96.1 cm³/mol. The van der Waals surface area contributed by atoms with Gasteiger partial charge in [0.2, 0.25) is 0 Å². The van der Waals surface area contributed by atoms with Crippen LogP contribution >= 0.6 is 0 Å². The molecule has 2 unspecified atom stereocenters. The first-order valence-electron chi connectivity index (χ1n) is 8.37. The van der Waals surface area contributed by atoms with Crippen LogP contribution in [0.25, 0.3) is 0 Å². The number of aryl methyl sites for hydroxylation is 1. The summed E-state index contributed by atoms with van der Waals surface area (Å²) in [6, 6.07) is 9.04. The summed E-state index contributed by atoms with van der Waals surface area (Å²) < 4.78 is 5.02. The molecular formula is C19H25N3O4. The Labute approximate surface area is 153 Å². The first-order chi connectivity index (χ1) is 12.1. The Balaban J connectivity index is 2.55. The van der Waals surface area contributed by atoms with Crippen molar-refractivity contribution in [3.05, 3.63) is 35.4 Å². The summed E-state index contributed by atoms with van der Waals surface area (Å²) in [6.45, 7) is 8.06. The Morgan fingerprint density at radius 2 is 1.85 bits per heavy atom. The van der Waals surface area contributed by atoms with Crippen molar-refractivity contribution in [3.8, 4) is 6.07 Å². The van der Waals surface area contributed by atoms with E-state index in [1.165, 1.54) is 6.92 Å². The fourth-order valence-corrected chi connectivity index (χ4v) is 2.03. The van der Waals surface area contributed by atoms with Gasteiger partial charge in [0.1, 0.15) is 12.1 Å². The number of ether oxygens (including phenoxy) is 1. The van der Waals surface area contributed by atoms with Crippen LogP contribution in [0, 0.1) is 24.2 Å². The molecule has 0 saturated heterocycles. The number of carbonyl (C=O) groups excluding carboxylic acids is 3. The molecule has 2 N–H and O–H groups in total. The van der Waals surface area contributed by atoms with Gasteiger partial charge in [-0.25, -0.2) is 0 Å². The largest absolute Gasteiger partial charge is 0.451 e. The average Bonchev–Trinajstić information content (AvgIpc) is 2.59. The zero-order valence-electron chi connectivity index (χ0n) is 15.8. The van der Waals surface area contributed by atoms with Gasteiger partial charge < -0.3 is 15.4 Å². The SMILES string of the molecule is Cc1ccccc1C(=O)NCC(=O)OC(C)C(=O)NC(C)(C#N)C(C)C. The monoisotopic (exact) mass is 359 g/mol. The Hall–Kier alpha value is -2.88. The van der Waals surface area contributed by atoms with E-state index in [4.69, 9.17) is 4.74 Å². The fraction of sp³-hybridized carbons (Fsp3) is 0.474. The van der Waals surface area contributed by atoms with Gasteiger partial charge in [0, 0.05) is 5.56 Å². The van der Waals surface area contributed by atoms with Crippen molar-refractivity contribution < 1.29 is 19.1 Å². The lowest BCUT2D eigenvalue weighted by Gasteiger charge is -2.28. The molecule has 0 aliphatic rings. The summed E-state index contributed by atoms with van der Waals surface area (Å²) in [4.78, 5) is 36.1. The maximum atomic E-state index is 12.1. The number of hydrogen-bond acceptors (Lipinski definition) is 5. The van der Waals surface area contributed by atoms with E-state index in [9.17, 15) is 19.6 Å². The highest BCUT2D eigenvalue weighted by atomic mass is 16.5. The van der Waals surface area contributed by atoms with Crippen LogP contribution in [0.5, 0.6) is 0 Å². The molecule has 1 aromatic rings. The fourth-order valence-electron chi connectivity index (χ4n) is 2.03. The lowest BCUT2D eigenvalue weighted by atomic mass is 9.90. The molecule has 0 aliphatic heterocycles. The maximum absolute atomic E-state index is 12.1. The molecule has 0 saturated carbocycles. The zero-order chi connectivity index (χ0) is 19.9. The minimum Gasteiger partial charge on any atom is -0.451 e. The second kappa shape index (κ2) is 8.99. The van der Waals surface area contributed by atoms with Crippen molar-refractivity contribution in [1.82, 2.24) is 10.6 Å². The summed E-state index contributed by atoms with van der Waals surface area (Å²) in [6.07, 6.45) is -1.08. The van der Waals surface area contributed by atoms with Crippen molar-refractivity contribution in [2.45, 2.75) is 46.3 Å². The van der Waals surface area contributed by atoms with E-state index in [0.29, 0.717) is 5.56 Å². The van der Waals surface area contributed by atoms with Gasteiger partial charge in [-0.3, -0.25) is 14.4 Å². The van der Waals surface area contributed by atoms with Crippen LogP contribution in [0.2, 0.25) is 0 Å². The van der Waals surface area contributed by atoms with E-state index in [1.807, 2.05) is 6.07 Å². The molecule has 0 radical (unpaired) electrons. The topological polar surface area (TPSA) is 108 Å². The smallest absolute Gasteiger partial charge is 0.326 e. The van der Waals surface area contributed by atoms with Crippen LogP contribution in [0.15, 0.2) is 24.3 Å². The molecule has 2 amide bonds. The number of nitrogens with one attached hydrogen (secondary N) is 2. The molecule has 1 rings (SSSR count). The van der Waals surface area contributed by atoms with E-state index in [2.05, 4.69) is 16.7 Å². The van der Waals surface area contributed by atoms with Crippen LogP contribution in [0.3, 0.4) is 0 Å². The van der Waals surface area contributed by atoms with Gasteiger partial charge in [0.25, 0.3) is 11.8 Å². The number of rotatable bonds is 7. The molecule has 2 atom stereocenters. The Morgan fingerprint density at radius 3 is 2.38 bits per heavy atom. The lowest BCUT2D eigenvalue weighted by molar-refractivity contribution is -0.154. The van der Waals surface area contributed by atoms with Gasteiger partial charge in [0.05, 0.1) is 6.07 Å². The summed E-state index contributed by atoms with van der Waals surface area (Å²) in [7, 11) is 0. The molecule has 7 heteroatoms. The van der Waals surface area contributed by atoms with Crippen LogP contribution in [0.4, 0.5) is 0 Å². The van der Waals surface area contributed by atoms with Crippen LogP contribution in [-0.4, -0.2) is 36.0 Å². The van der Waals surface area contributed by atoms with E-state index in [0.717, 1.165) is 5.56 Å². The number of carbonyl (C=O) groups is 3. The highest BCUT2D eigenvalue weighted by molar-refractivity contribution is 5.97. The Kier molecular flexibility index (Phi) is 7.32. The number of esters is 1. The molecule has 0 bridgehead atoms. The van der Waals surface area contributed by atoms with Gasteiger partial charge in [-0.1, -0.05) is 32.0 Å². The van der Waals surface area contributed by atoms with Gasteiger partial charge in [-0.2, -0.15) is 5.26 Å². The molecule has 26 heavy (non-hydrogen) atoms. The molecule has 0 heterocycles. The van der Waals surface area contributed by atoms with Crippen LogP contribution in [0.1, 0.15) is 43.6 Å². The number of nitrogens with zero attached hydrogens (tertiary/aromatic N) is 1. The van der Waals surface area contributed by atoms with Gasteiger partial charge in [-0.05, 0) is 38.3 Å². The third-order valence-electron chi connectivity index (χ3n) is 4.23. The second-order valence-electron chi connectivity index (χ2n) is 6.59. The van der Waals surface area contributed by atoms with E-state index < -0.39 is 29.4 Å². The maximum Gasteiger partial charge on any atom is 0.326 e. The van der Waals surface area contributed by atoms with E-state index >= 15 is 0 Å². The first-order valence-corrected chi connectivity index (χ1v) is 8.37. The van der Waals surface area contributed by atoms with Crippen LogP contribution in [-0.2, 0) is 14.3 Å². The minimum atomic E-state index is -1.08. The molecule has 0 fully saturated rings. The summed E-state index contributed by atoms with van der Waals surface area (Å²) in [5, 5.41) is 14.3. The van der Waals surface area contributed by atoms with Crippen molar-refractivity contribution in [2.24, 2.45) is 5.92 Å². The highest BCUT2D eigenvalue weighted by Gasteiger charge is 2.32. The van der Waals surface area contributed by atoms with E-state index in [-0.39, 0.29) is 12.5 Å². The molecule has 1 aromatic carbocycles. The van der Waals surface area contributed by atoms with Crippen molar-refractivity contribution >= 4 is 17.8 Å². The van der Waals surface area contributed by atoms with Crippen LogP contribution < -0.4 is 10.6 Å². The molecule has 0 aliphatic carbocycles. The van der Waals surface area contributed by atoms with Crippen molar-refractivity contribution in [2.75, 3.05) is 6.54 Å². The lowest BCUT2D eigenvalue weighted by Crippen LogP contribution is -2.52. The quantitative estimate of drug-likeness (QED) is 0.721. The zero-order valence-corrected chi connectivity index (χ0v) is 15.8. The van der Waals surface area contributed by atoms with Gasteiger partial charge in [0.15, 0.2) is 6.10 Å². The molecular weight excluding hydrogens is 334 g/mol. The minimum absolute atomic E-state index is 0.118. The van der Waals surface area contributed by atoms with Gasteiger partial charge in [-0.15, -0.1) is 0 Å². The van der Waals surface area contributed by atoms with Gasteiger partial charge >= 0.3 is 5.97 Å². The number of benzene rings is 1. The van der Waals surface area contributed by atoms with E-state index in [1.54, 1.807) is 45.9 Å². The third-order valence-corrected chi connectivity index (χ3v) is 4.23. The standard InChI is InChI=1S/C19H25N3O4/c1-12(2)19(5,11-20)22-17(24)14(4)26-16(23)10-21-18(25)15-9-7-6-8-13(15)3/h6-9,12,14H,10H2,1-5H3,(H,21,25)(H,22,24). The Bertz CT molecular complexity index is 724. The molecule has 0 aromatic heterocycles. The normalized spacial score (nSPS) is 13.9. The molecule has 140 valence electrons. The number of hydrogen-bond donors (Lipinski definition) is 2. The predicted octanol–water partition coefficient (Wildman–Crippen LogP) is 1.71. The van der Waals surface area contributed by atoms with Crippen molar-refractivity contribution in [1.29, 1.82) is 5.26 Å². The number of amides is 2. The Morgan fingerprint density at radius 1 is 1.23 bits per heavy atom. The first kappa shape index (κ1) is 21.2. The second-order valence-corrected chi connectivity index (χ2v) is 6.59. The summed E-state index contributed by atoms with van der Waals surface area (Å²) >= 11 is 0. The average molecular weight is 359 g/mol. The highest BCUT2D eigenvalue weighted by Crippen LogP contribution is 2.15. The van der Waals surface area contributed by atoms with Crippen molar-refractivity contribution in [3.63, 3.8) is 0 Å². The molecule has 7 nitrogen and oxygen atoms in total.